The van der Waals surface area contributed by atoms with Crippen molar-refractivity contribution >= 4 is 0 Å². The number of pyridine rings is 1. The minimum Gasteiger partial charge on any atom is -0.496 e. The van der Waals surface area contributed by atoms with Gasteiger partial charge in [-0.2, -0.15) is 0 Å². The summed E-state index contributed by atoms with van der Waals surface area (Å²) in [6.45, 7) is 4.38. The van der Waals surface area contributed by atoms with E-state index in [9.17, 15) is 0 Å². The lowest BCUT2D eigenvalue weighted by Crippen LogP contribution is -2.04. The highest BCUT2D eigenvalue weighted by molar-refractivity contribution is 5.64. The highest BCUT2D eigenvalue weighted by Crippen LogP contribution is 2.32. The molecule has 0 amide bonds. The second-order valence-corrected chi connectivity index (χ2v) is 6.16. The van der Waals surface area contributed by atoms with Crippen LogP contribution in [0.1, 0.15) is 49.3 Å². The van der Waals surface area contributed by atoms with Crippen molar-refractivity contribution in [2.45, 2.75) is 45.4 Å². The Morgan fingerprint density at radius 1 is 1.05 bits per heavy atom. The number of nitrogens with zero attached hydrogens (tertiary/aromatic N) is 1. The van der Waals surface area contributed by atoms with E-state index in [2.05, 4.69) is 49.3 Å². The van der Waals surface area contributed by atoms with Crippen LogP contribution in [0.4, 0.5) is 0 Å². The van der Waals surface area contributed by atoms with Gasteiger partial charge in [0.15, 0.2) is 0 Å². The normalized spacial score (nSPS) is 14.1. The fourth-order valence-corrected chi connectivity index (χ4v) is 3.12. The first kappa shape index (κ1) is 14.1. The lowest BCUT2D eigenvalue weighted by Gasteiger charge is -2.17. The van der Waals surface area contributed by atoms with Crippen LogP contribution in [-0.2, 0) is 12.8 Å². The van der Waals surface area contributed by atoms with Crippen molar-refractivity contribution in [1.29, 1.82) is 0 Å². The third-order valence-corrected chi connectivity index (χ3v) is 4.38. The first-order valence-electron chi connectivity index (χ1n) is 7.85. The molecule has 3 rings (SSSR count). The minimum atomic E-state index is 0.463. The number of aromatic nitrogens is 1. The molecular formula is C19H23NO. The molecule has 110 valence electrons. The number of fused-ring (bicyclic) bond motifs is 1. The molecule has 0 aliphatic heterocycles. The second-order valence-electron chi connectivity index (χ2n) is 6.16. The molecule has 0 bridgehead atoms. The van der Waals surface area contributed by atoms with Crippen LogP contribution in [0.15, 0.2) is 30.5 Å². The molecule has 0 fully saturated rings. The summed E-state index contributed by atoms with van der Waals surface area (Å²) in [5, 5.41) is 0. The molecule has 1 aromatic carbocycles. The van der Waals surface area contributed by atoms with E-state index in [4.69, 9.17) is 4.74 Å². The average Bonchev–Trinajstić information content (AvgIpc) is 2.53. The van der Waals surface area contributed by atoms with Crippen molar-refractivity contribution in [3.05, 3.63) is 47.2 Å². The maximum absolute atomic E-state index is 5.55. The van der Waals surface area contributed by atoms with E-state index in [1.807, 2.05) is 0 Å². The summed E-state index contributed by atoms with van der Waals surface area (Å²) < 4.78 is 5.55. The minimum absolute atomic E-state index is 0.463. The second kappa shape index (κ2) is 5.88. The van der Waals surface area contributed by atoms with Gasteiger partial charge in [-0.25, -0.2) is 0 Å². The Labute approximate surface area is 127 Å². The molecule has 0 unspecified atom stereocenters. The Morgan fingerprint density at radius 3 is 2.52 bits per heavy atom. The SMILES string of the molecule is COc1cc(-c2cc3c(cn2)CCCC3)ccc1C(C)C. The van der Waals surface area contributed by atoms with Gasteiger partial charge in [-0.15, -0.1) is 0 Å². The molecular weight excluding hydrogens is 258 g/mol. The Bertz CT molecular complexity index is 646. The van der Waals surface area contributed by atoms with Crippen molar-refractivity contribution in [1.82, 2.24) is 4.98 Å². The van der Waals surface area contributed by atoms with E-state index in [1.165, 1.54) is 42.4 Å². The predicted molar refractivity (Wildman–Crippen MR) is 87.0 cm³/mol. The van der Waals surface area contributed by atoms with Gasteiger partial charge in [0, 0.05) is 11.8 Å². The van der Waals surface area contributed by atoms with Crippen molar-refractivity contribution in [3.63, 3.8) is 0 Å². The van der Waals surface area contributed by atoms with E-state index in [1.54, 1.807) is 7.11 Å². The molecule has 1 heterocycles. The zero-order valence-corrected chi connectivity index (χ0v) is 13.1. The number of benzene rings is 1. The monoisotopic (exact) mass is 281 g/mol. The highest BCUT2D eigenvalue weighted by atomic mass is 16.5. The molecule has 2 heteroatoms. The smallest absolute Gasteiger partial charge is 0.122 e. The number of methoxy groups -OCH3 is 1. The maximum atomic E-state index is 5.55. The molecule has 2 nitrogen and oxygen atoms in total. The summed E-state index contributed by atoms with van der Waals surface area (Å²) in [5.41, 5.74) is 6.35. The summed E-state index contributed by atoms with van der Waals surface area (Å²) in [5.74, 6) is 1.42. The van der Waals surface area contributed by atoms with Crippen LogP contribution < -0.4 is 4.74 Å². The van der Waals surface area contributed by atoms with Gasteiger partial charge in [0.25, 0.3) is 0 Å². The highest BCUT2D eigenvalue weighted by Gasteiger charge is 2.13. The van der Waals surface area contributed by atoms with Crippen molar-refractivity contribution in [2.24, 2.45) is 0 Å². The molecule has 0 saturated heterocycles. The number of hydrogen-bond donors (Lipinski definition) is 0. The lowest BCUT2D eigenvalue weighted by molar-refractivity contribution is 0.408. The van der Waals surface area contributed by atoms with Gasteiger partial charge in [-0.1, -0.05) is 26.0 Å². The van der Waals surface area contributed by atoms with E-state index in [0.717, 1.165) is 17.0 Å². The molecule has 0 N–H and O–H groups in total. The average molecular weight is 281 g/mol. The van der Waals surface area contributed by atoms with Crippen molar-refractivity contribution in [2.75, 3.05) is 7.11 Å². The van der Waals surface area contributed by atoms with Gasteiger partial charge in [-0.05, 0) is 60.4 Å². The van der Waals surface area contributed by atoms with Gasteiger partial charge < -0.3 is 4.74 Å². The fraction of sp³-hybridized carbons (Fsp3) is 0.421. The van der Waals surface area contributed by atoms with Gasteiger partial charge in [0.1, 0.15) is 5.75 Å². The van der Waals surface area contributed by atoms with Gasteiger partial charge in [0.2, 0.25) is 0 Å². The first-order valence-corrected chi connectivity index (χ1v) is 7.85. The molecule has 1 aliphatic rings. The van der Waals surface area contributed by atoms with Crippen LogP contribution in [-0.4, -0.2) is 12.1 Å². The van der Waals surface area contributed by atoms with Crippen LogP contribution >= 0.6 is 0 Å². The summed E-state index contributed by atoms with van der Waals surface area (Å²) in [6.07, 6.45) is 7.02. The Kier molecular flexibility index (Phi) is 3.96. The van der Waals surface area contributed by atoms with Crippen LogP contribution in [0.25, 0.3) is 11.3 Å². The van der Waals surface area contributed by atoms with Gasteiger partial charge in [-0.3, -0.25) is 4.98 Å². The van der Waals surface area contributed by atoms with E-state index < -0.39 is 0 Å². The molecule has 0 saturated carbocycles. The van der Waals surface area contributed by atoms with Crippen LogP contribution in [0.5, 0.6) is 5.75 Å². The molecule has 0 radical (unpaired) electrons. The molecule has 0 atom stereocenters. The summed E-state index contributed by atoms with van der Waals surface area (Å²) >= 11 is 0. The van der Waals surface area contributed by atoms with Crippen LogP contribution in [0.3, 0.4) is 0 Å². The number of ether oxygens (including phenoxy) is 1. The fourth-order valence-electron chi connectivity index (χ4n) is 3.12. The van der Waals surface area contributed by atoms with Crippen molar-refractivity contribution < 1.29 is 4.74 Å². The van der Waals surface area contributed by atoms with Gasteiger partial charge in [0.05, 0.1) is 12.8 Å². The molecule has 1 aromatic heterocycles. The zero-order chi connectivity index (χ0) is 14.8. The topological polar surface area (TPSA) is 22.1 Å². The third kappa shape index (κ3) is 2.80. The maximum Gasteiger partial charge on any atom is 0.122 e. The summed E-state index contributed by atoms with van der Waals surface area (Å²) in [7, 11) is 1.74. The largest absolute Gasteiger partial charge is 0.496 e. The molecule has 21 heavy (non-hydrogen) atoms. The van der Waals surface area contributed by atoms with E-state index >= 15 is 0 Å². The standard InChI is InChI=1S/C19H23NO/c1-13(2)17-9-8-15(11-19(17)21-3)18-10-14-6-4-5-7-16(14)12-20-18/h8-13H,4-7H2,1-3H3. The lowest BCUT2D eigenvalue weighted by atomic mass is 9.91. The number of hydrogen-bond acceptors (Lipinski definition) is 2. The van der Waals surface area contributed by atoms with Crippen LogP contribution in [0, 0.1) is 0 Å². The number of rotatable bonds is 3. The quantitative estimate of drug-likeness (QED) is 0.809. The zero-order valence-electron chi connectivity index (χ0n) is 13.1. The van der Waals surface area contributed by atoms with Crippen molar-refractivity contribution in [3.8, 4) is 17.0 Å². The van der Waals surface area contributed by atoms with E-state index in [-0.39, 0.29) is 0 Å². The Morgan fingerprint density at radius 2 is 1.81 bits per heavy atom. The first-order chi connectivity index (χ1) is 10.2. The molecule has 1 aliphatic carbocycles. The predicted octanol–water partition coefficient (Wildman–Crippen LogP) is 4.76. The third-order valence-electron chi connectivity index (χ3n) is 4.38. The number of aryl methyl sites for hydroxylation is 2. The summed E-state index contributed by atoms with van der Waals surface area (Å²) in [4.78, 5) is 4.66. The Hall–Kier alpha value is -1.83. The Balaban J connectivity index is 2.00. The summed E-state index contributed by atoms with van der Waals surface area (Å²) in [6, 6.07) is 8.71. The molecule has 2 aromatic rings. The molecule has 0 spiro atoms. The van der Waals surface area contributed by atoms with E-state index in [0.29, 0.717) is 5.92 Å². The van der Waals surface area contributed by atoms with Crippen LogP contribution in [0.2, 0.25) is 0 Å². The van der Waals surface area contributed by atoms with Gasteiger partial charge >= 0.3 is 0 Å².